The molecule has 1 aliphatic heterocycles. The Morgan fingerprint density at radius 1 is 1.32 bits per heavy atom. The highest BCUT2D eigenvalue weighted by atomic mass is 79.9. The van der Waals surface area contributed by atoms with Gasteiger partial charge in [0.05, 0.1) is 0 Å². The molecular weight excluding hydrogens is 320 g/mol. The van der Waals surface area contributed by atoms with Crippen molar-refractivity contribution in [3.05, 3.63) is 28.7 Å². The molecule has 4 heteroatoms. The van der Waals surface area contributed by atoms with Crippen LogP contribution in [-0.2, 0) is 0 Å². The summed E-state index contributed by atoms with van der Waals surface area (Å²) in [6, 6.07) is 8.76. The summed E-state index contributed by atoms with van der Waals surface area (Å²) in [6.07, 6.45) is 6.34. The molecule has 2 rings (SSSR count). The van der Waals surface area contributed by atoms with Crippen LogP contribution in [0.1, 0.15) is 39.0 Å². The second-order valence-corrected chi connectivity index (χ2v) is 6.34. The first-order chi connectivity index (χ1) is 9.20. The molecule has 0 saturated carbocycles. The number of rotatable bonds is 2. The van der Waals surface area contributed by atoms with Crippen LogP contribution in [0.2, 0.25) is 0 Å². The van der Waals surface area contributed by atoms with Gasteiger partial charge in [-0.05, 0) is 55.7 Å². The van der Waals surface area contributed by atoms with E-state index in [1.165, 1.54) is 32.1 Å². The second kappa shape index (κ2) is 7.25. The van der Waals surface area contributed by atoms with Crippen molar-refractivity contribution in [3.8, 4) is 0 Å². The predicted molar refractivity (Wildman–Crippen MR) is 89.6 cm³/mol. The molecular formula is C15H21BrN2S. The van der Waals surface area contributed by atoms with Crippen molar-refractivity contribution in [2.75, 3.05) is 11.9 Å². The van der Waals surface area contributed by atoms with Gasteiger partial charge >= 0.3 is 0 Å². The minimum atomic E-state index is 0.595. The highest BCUT2D eigenvalue weighted by Gasteiger charge is 2.21. The number of halogens is 1. The van der Waals surface area contributed by atoms with Crippen molar-refractivity contribution in [3.63, 3.8) is 0 Å². The lowest BCUT2D eigenvalue weighted by molar-refractivity contribution is 0.311. The predicted octanol–water partition coefficient (Wildman–Crippen LogP) is 4.80. The van der Waals surface area contributed by atoms with Gasteiger partial charge in [-0.25, -0.2) is 0 Å². The number of likely N-dealkylation sites (tertiary alicyclic amines) is 1. The zero-order valence-electron chi connectivity index (χ0n) is 11.4. The van der Waals surface area contributed by atoms with Gasteiger partial charge in [0.2, 0.25) is 0 Å². The van der Waals surface area contributed by atoms with Gasteiger partial charge in [0.15, 0.2) is 5.11 Å². The molecule has 104 valence electrons. The summed E-state index contributed by atoms with van der Waals surface area (Å²) in [5.74, 6) is 0. The van der Waals surface area contributed by atoms with Crippen molar-refractivity contribution < 1.29 is 0 Å². The molecule has 0 bridgehead atoms. The van der Waals surface area contributed by atoms with E-state index in [0.29, 0.717) is 6.04 Å². The molecule has 0 aromatic heterocycles. The average molecular weight is 341 g/mol. The van der Waals surface area contributed by atoms with Crippen LogP contribution in [0.4, 0.5) is 5.69 Å². The minimum Gasteiger partial charge on any atom is -0.346 e. The Labute approximate surface area is 129 Å². The highest BCUT2D eigenvalue weighted by molar-refractivity contribution is 9.10. The van der Waals surface area contributed by atoms with Crippen LogP contribution in [0.15, 0.2) is 28.7 Å². The SMILES string of the molecule is CCC1CCCCCN1C(=S)Nc1ccc(Br)cc1. The van der Waals surface area contributed by atoms with Crippen LogP contribution < -0.4 is 5.32 Å². The molecule has 1 aromatic carbocycles. The molecule has 2 nitrogen and oxygen atoms in total. The molecule has 1 aromatic rings. The monoisotopic (exact) mass is 340 g/mol. The number of hydrogen-bond acceptors (Lipinski definition) is 1. The van der Waals surface area contributed by atoms with E-state index in [1.54, 1.807) is 0 Å². The van der Waals surface area contributed by atoms with Gasteiger partial charge in [-0.3, -0.25) is 0 Å². The Balaban J connectivity index is 2.02. The Kier molecular flexibility index (Phi) is 5.64. The number of hydrogen-bond donors (Lipinski definition) is 1. The fourth-order valence-electron chi connectivity index (χ4n) is 2.60. The van der Waals surface area contributed by atoms with E-state index >= 15 is 0 Å². The van der Waals surface area contributed by atoms with E-state index in [2.05, 4.69) is 45.2 Å². The number of thiocarbonyl (C=S) groups is 1. The van der Waals surface area contributed by atoms with Gasteiger partial charge < -0.3 is 10.2 Å². The Morgan fingerprint density at radius 3 is 2.74 bits per heavy atom. The zero-order valence-corrected chi connectivity index (χ0v) is 13.8. The third-order valence-electron chi connectivity index (χ3n) is 3.70. The lowest BCUT2D eigenvalue weighted by Crippen LogP contribution is -2.42. The normalized spacial score (nSPS) is 19.9. The van der Waals surface area contributed by atoms with Gasteiger partial charge in [-0.15, -0.1) is 0 Å². The minimum absolute atomic E-state index is 0.595. The molecule has 0 amide bonds. The summed E-state index contributed by atoms with van der Waals surface area (Å²) >= 11 is 9.04. The maximum absolute atomic E-state index is 5.60. The first kappa shape index (κ1) is 14.8. The number of nitrogens with one attached hydrogen (secondary N) is 1. The quantitative estimate of drug-likeness (QED) is 0.778. The van der Waals surface area contributed by atoms with Crippen LogP contribution in [0, 0.1) is 0 Å². The topological polar surface area (TPSA) is 15.3 Å². The molecule has 0 radical (unpaired) electrons. The summed E-state index contributed by atoms with van der Waals surface area (Å²) in [4.78, 5) is 2.38. The number of benzene rings is 1. The van der Waals surface area contributed by atoms with Gasteiger partial charge in [0.25, 0.3) is 0 Å². The Hall–Kier alpha value is -0.610. The molecule has 1 heterocycles. The second-order valence-electron chi connectivity index (χ2n) is 5.04. The summed E-state index contributed by atoms with van der Waals surface area (Å²) in [5.41, 5.74) is 1.06. The van der Waals surface area contributed by atoms with Crippen LogP contribution in [-0.4, -0.2) is 22.6 Å². The van der Waals surface area contributed by atoms with Crippen LogP contribution >= 0.6 is 28.1 Å². The van der Waals surface area contributed by atoms with E-state index in [1.807, 2.05) is 12.1 Å². The third-order valence-corrected chi connectivity index (χ3v) is 4.57. The lowest BCUT2D eigenvalue weighted by Gasteiger charge is -2.32. The van der Waals surface area contributed by atoms with Crippen molar-refractivity contribution in [2.45, 2.75) is 45.1 Å². The summed E-state index contributed by atoms with van der Waals surface area (Å²) in [5, 5.41) is 4.24. The zero-order chi connectivity index (χ0) is 13.7. The molecule has 1 aliphatic rings. The molecule has 1 atom stereocenters. The van der Waals surface area contributed by atoms with Crippen LogP contribution in [0.25, 0.3) is 0 Å². The van der Waals surface area contributed by atoms with E-state index in [9.17, 15) is 0 Å². The largest absolute Gasteiger partial charge is 0.346 e. The molecule has 1 unspecified atom stereocenters. The molecule has 1 saturated heterocycles. The molecule has 1 fully saturated rings. The van der Waals surface area contributed by atoms with Crippen LogP contribution in [0.3, 0.4) is 0 Å². The maximum atomic E-state index is 5.60. The molecule has 0 aliphatic carbocycles. The fourth-order valence-corrected chi connectivity index (χ4v) is 3.22. The molecule has 0 spiro atoms. The summed E-state index contributed by atoms with van der Waals surface area (Å²) < 4.78 is 1.09. The van der Waals surface area contributed by atoms with Crippen molar-refractivity contribution in [1.82, 2.24) is 4.90 Å². The smallest absolute Gasteiger partial charge is 0.173 e. The third kappa shape index (κ3) is 4.18. The standard InChI is InChI=1S/C15H21BrN2S/c1-2-14-6-4-3-5-11-18(14)15(19)17-13-9-7-12(16)8-10-13/h7-10,14H,2-6,11H2,1H3,(H,17,19). The molecule has 19 heavy (non-hydrogen) atoms. The first-order valence-electron chi connectivity index (χ1n) is 7.04. The van der Waals surface area contributed by atoms with E-state index in [4.69, 9.17) is 12.2 Å². The van der Waals surface area contributed by atoms with Crippen molar-refractivity contribution in [1.29, 1.82) is 0 Å². The fraction of sp³-hybridized carbons (Fsp3) is 0.533. The van der Waals surface area contributed by atoms with E-state index in [0.717, 1.165) is 21.8 Å². The number of anilines is 1. The molecule has 1 N–H and O–H groups in total. The van der Waals surface area contributed by atoms with Crippen LogP contribution in [0.5, 0.6) is 0 Å². The maximum Gasteiger partial charge on any atom is 0.173 e. The Bertz CT molecular complexity index is 419. The van der Waals surface area contributed by atoms with Gasteiger partial charge in [-0.2, -0.15) is 0 Å². The summed E-state index contributed by atoms with van der Waals surface area (Å²) in [6.45, 7) is 3.34. The lowest BCUT2D eigenvalue weighted by atomic mass is 10.1. The van der Waals surface area contributed by atoms with E-state index < -0.39 is 0 Å². The Morgan fingerprint density at radius 2 is 2.05 bits per heavy atom. The van der Waals surface area contributed by atoms with Gasteiger partial charge in [0, 0.05) is 22.7 Å². The van der Waals surface area contributed by atoms with Crippen molar-refractivity contribution >= 4 is 38.9 Å². The average Bonchev–Trinajstić information content (AvgIpc) is 2.66. The summed E-state index contributed by atoms with van der Waals surface area (Å²) in [7, 11) is 0. The number of nitrogens with zero attached hydrogens (tertiary/aromatic N) is 1. The van der Waals surface area contributed by atoms with Gasteiger partial charge in [-0.1, -0.05) is 35.7 Å². The highest BCUT2D eigenvalue weighted by Crippen LogP contribution is 2.21. The van der Waals surface area contributed by atoms with Crippen molar-refractivity contribution in [2.24, 2.45) is 0 Å². The first-order valence-corrected chi connectivity index (χ1v) is 8.24. The van der Waals surface area contributed by atoms with Gasteiger partial charge in [0.1, 0.15) is 0 Å². The van der Waals surface area contributed by atoms with E-state index in [-0.39, 0.29) is 0 Å².